The molecule has 21 heavy (non-hydrogen) atoms. The summed E-state index contributed by atoms with van der Waals surface area (Å²) < 4.78 is 28.4. The minimum atomic E-state index is -3.32. The van der Waals surface area contributed by atoms with Gasteiger partial charge in [0.2, 0.25) is 0 Å². The van der Waals surface area contributed by atoms with Crippen molar-refractivity contribution in [2.45, 2.75) is 41.5 Å². The van der Waals surface area contributed by atoms with E-state index in [-0.39, 0.29) is 11.8 Å². The maximum Gasteiger partial charge on any atom is 0.393 e. The van der Waals surface area contributed by atoms with Gasteiger partial charge in [0, 0.05) is 11.0 Å². The van der Waals surface area contributed by atoms with Crippen LogP contribution in [0.1, 0.15) is 41.5 Å². The summed E-state index contributed by atoms with van der Waals surface area (Å²) in [5.74, 6) is 0.0357. The molecule has 124 valence electrons. The number of hydrogen-bond donors (Lipinski definition) is 0. The van der Waals surface area contributed by atoms with Crippen LogP contribution in [0.2, 0.25) is 0 Å². The van der Waals surface area contributed by atoms with Crippen molar-refractivity contribution in [3.05, 3.63) is 11.0 Å². The smallest absolute Gasteiger partial charge is 0.393 e. The number of allylic oxidation sites excluding steroid dienone is 1. The molecule has 0 radical (unpaired) electrons. The number of rotatable bonds is 10. The van der Waals surface area contributed by atoms with Crippen LogP contribution >= 0.6 is 18.2 Å². The van der Waals surface area contributed by atoms with Crippen molar-refractivity contribution in [2.24, 2.45) is 11.8 Å². The minimum absolute atomic E-state index is 0.246. The van der Waals surface area contributed by atoms with Gasteiger partial charge in [-0.3, -0.25) is 0 Å². The zero-order chi connectivity index (χ0) is 16.5. The van der Waals surface area contributed by atoms with Crippen LogP contribution in [0.3, 0.4) is 0 Å². The maximum absolute atomic E-state index is 12.7. The lowest BCUT2D eigenvalue weighted by Crippen LogP contribution is -2.05. The number of esters is 1. The van der Waals surface area contributed by atoms with Gasteiger partial charge in [0.15, 0.2) is 0 Å². The Labute approximate surface area is 132 Å². The van der Waals surface area contributed by atoms with Crippen molar-refractivity contribution in [3.63, 3.8) is 0 Å². The Hall–Kier alpha value is -0.290. The highest BCUT2D eigenvalue weighted by Crippen LogP contribution is 2.63. The van der Waals surface area contributed by atoms with E-state index < -0.39 is 12.8 Å². The molecule has 0 heterocycles. The standard InChI is InChI=1S/C14H27O5PS/c1-7-17-14(15)8-13(6)21-20(16,18-9-11(2)3)19-10-12(4)5/h8,11-12H,7,9-10H2,1-6H3/b13-8-. The fourth-order valence-electron chi connectivity index (χ4n) is 1.12. The van der Waals surface area contributed by atoms with E-state index in [0.29, 0.717) is 24.7 Å². The van der Waals surface area contributed by atoms with Crippen molar-refractivity contribution in [2.75, 3.05) is 19.8 Å². The van der Waals surface area contributed by atoms with Gasteiger partial charge >= 0.3 is 12.8 Å². The normalized spacial score (nSPS) is 13.0. The largest absolute Gasteiger partial charge is 0.463 e. The molecule has 0 aliphatic heterocycles. The third-order valence-electron chi connectivity index (χ3n) is 2.00. The molecule has 0 rings (SSSR count). The number of carbonyl (C=O) groups is 1. The summed E-state index contributed by atoms with van der Waals surface area (Å²) in [5, 5.41) is 0. The maximum atomic E-state index is 12.7. The molecule has 0 saturated heterocycles. The number of carbonyl (C=O) groups excluding carboxylic acids is 1. The van der Waals surface area contributed by atoms with Crippen LogP contribution < -0.4 is 0 Å². The highest BCUT2D eigenvalue weighted by molar-refractivity contribution is 8.57. The molecule has 0 fully saturated rings. The van der Waals surface area contributed by atoms with E-state index in [2.05, 4.69) is 0 Å². The molecule has 0 bridgehead atoms. The molecule has 0 aromatic carbocycles. The van der Waals surface area contributed by atoms with Crippen LogP contribution in [0.5, 0.6) is 0 Å². The van der Waals surface area contributed by atoms with Gasteiger partial charge in [-0.1, -0.05) is 27.7 Å². The van der Waals surface area contributed by atoms with Crippen molar-refractivity contribution in [3.8, 4) is 0 Å². The summed E-state index contributed by atoms with van der Waals surface area (Å²) >= 11 is 0.957. The van der Waals surface area contributed by atoms with Crippen LogP contribution in [0.15, 0.2) is 11.0 Å². The van der Waals surface area contributed by atoms with E-state index in [1.54, 1.807) is 13.8 Å². The van der Waals surface area contributed by atoms with E-state index in [1.165, 1.54) is 6.08 Å². The van der Waals surface area contributed by atoms with Crippen molar-refractivity contribution >= 4 is 24.1 Å². The third kappa shape index (κ3) is 11.0. The first-order valence-corrected chi connectivity index (χ1v) is 10.1. The lowest BCUT2D eigenvalue weighted by atomic mass is 10.2. The van der Waals surface area contributed by atoms with Crippen LogP contribution in [0.25, 0.3) is 0 Å². The Kier molecular flexibility index (Phi) is 10.3. The highest BCUT2D eigenvalue weighted by Gasteiger charge is 2.28. The fraction of sp³-hybridized carbons (Fsp3) is 0.786. The molecule has 0 aromatic rings. The number of hydrogen-bond acceptors (Lipinski definition) is 6. The molecule has 5 nitrogen and oxygen atoms in total. The predicted molar refractivity (Wildman–Crippen MR) is 87.2 cm³/mol. The molecule has 0 atom stereocenters. The van der Waals surface area contributed by atoms with Crippen LogP contribution in [-0.2, 0) is 23.1 Å². The monoisotopic (exact) mass is 338 g/mol. The summed E-state index contributed by atoms with van der Waals surface area (Å²) in [6.07, 6.45) is 1.30. The van der Waals surface area contributed by atoms with Gasteiger partial charge in [-0.25, -0.2) is 9.36 Å². The van der Waals surface area contributed by atoms with E-state index in [0.717, 1.165) is 11.4 Å². The summed E-state index contributed by atoms with van der Waals surface area (Å²) in [6.45, 7) is 8.97. The van der Waals surface area contributed by atoms with Crippen LogP contribution in [0.4, 0.5) is 0 Å². The van der Waals surface area contributed by atoms with Crippen molar-refractivity contribution < 1.29 is 23.1 Å². The van der Waals surface area contributed by atoms with Crippen molar-refractivity contribution in [1.82, 2.24) is 0 Å². The summed E-state index contributed by atoms with van der Waals surface area (Å²) in [7, 11) is 0. The molecule has 0 aromatic heterocycles. The van der Waals surface area contributed by atoms with E-state index >= 15 is 0 Å². The highest BCUT2D eigenvalue weighted by atomic mass is 32.7. The quantitative estimate of drug-likeness (QED) is 0.328. The Balaban J connectivity index is 4.79. The molecular formula is C14H27O5PS. The third-order valence-corrected chi connectivity index (χ3v) is 5.72. The Morgan fingerprint density at radius 3 is 2.00 bits per heavy atom. The van der Waals surface area contributed by atoms with Crippen LogP contribution in [0, 0.1) is 11.8 Å². The first kappa shape index (κ1) is 20.7. The van der Waals surface area contributed by atoms with Gasteiger partial charge in [0.25, 0.3) is 0 Å². The molecule has 0 saturated carbocycles. The average molecular weight is 338 g/mol. The van der Waals surface area contributed by atoms with Gasteiger partial charge in [-0.2, -0.15) is 0 Å². The van der Waals surface area contributed by atoms with Gasteiger partial charge in [0.1, 0.15) is 0 Å². The number of ether oxygens (including phenoxy) is 1. The molecular weight excluding hydrogens is 311 g/mol. The molecule has 0 N–H and O–H groups in total. The lowest BCUT2D eigenvalue weighted by molar-refractivity contribution is -0.137. The molecule has 0 aliphatic rings. The Morgan fingerprint density at radius 2 is 1.62 bits per heavy atom. The summed E-state index contributed by atoms with van der Waals surface area (Å²) in [5.41, 5.74) is 0. The van der Waals surface area contributed by atoms with Gasteiger partial charge in [-0.15, -0.1) is 0 Å². The van der Waals surface area contributed by atoms with Crippen molar-refractivity contribution in [1.29, 1.82) is 0 Å². The van der Waals surface area contributed by atoms with E-state index in [1.807, 2.05) is 27.7 Å². The zero-order valence-corrected chi connectivity index (χ0v) is 15.5. The van der Waals surface area contributed by atoms with Gasteiger partial charge in [-0.05, 0) is 37.1 Å². The second kappa shape index (κ2) is 10.4. The first-order chi connectivity index (χ1) is 9.68. The predicted octanol–water partition coefficient (Wildman–Crippen LogP) is 4.64. The molecule has 0 spiro atoms. The van der Waals surface area contributed by atoms with E-state index in [4.69, 9.17) is 13.8 Å². The zero-order valence-electron chi connectivity index (χ0n) is 13.8. The minimum Gasteiger partial charge on any atom is -0.463 e. The average Bonchev–Trinajstić information content (AvgIpc) is 2.34. The molecule has 0 amide bonds. The Morgan fingerprint density at radius 1 is 1.14 bits per heavy atom. The summed E-state index contributed by atoms with van der Waals surface area (Å²) in [4.78, 5) is 11.9. The first-order valence-electron chi connectivity index (χ1n) is 7.12. The summed E-state index contributed by atoms with van der Waals surface area (Å²) in [6, 6.07) is 0. The Bertz CT molecular complexity index is 377. The molecule has 0 aliphatic carbocycles. The second-order valence-corrected chi connectivity index (χ2v) is 9.55. The van der Waals surface area contributed by atoms with E-state index in [9.17, 15) is 9.36 Å². The SMILES string of the molecule is CCOC(=O)/C=C(/C)SP(=O)(OCC(C)C)OCC(C)C. The van der Waals surface area contributed by atoms with Gasteiger partial charge in [0.05, 0.1) is 19.8 Å². The van der Waals surface area contributed by atoms with Gasteiger partial charge < -0.3 is 13.8 Å². The molecule has 0 unspecified atom stereocenters. The fourth-order valence-corrected chi connectivity index (χ4v) is 4.66. The topological polar surface area (TPSA) is 61.8 Å². The molecule has 7 heteroatoms. The lowest BCUT2D eigenvalue weighted by Gasteiger charge is -2.20. The van der Waals surface area contributed by atoms with Crippen LogP contribution in [-0.4, -0.2) is 25.8 Å². The second-order valence-electron chi connectivity index (χ2n) is 5.42.